The van der Waals surface area contributed by atoms with E-state index in [1.807, 2.05) is 29.9 Å². The zero-order valence-corrected chi connectivity index (χ0v) is 13.6. The van der Waals surface area contributed by atoms with Crippen LogP contribution in [0.2, 0.25) is 0 Å². The Morgan fingerprint density at radius 2 is 2.04 bits per heavy atom. The van der Waals surface area contributed by atoms with E-state index in [9.17, 15) is 14.4 Å². The number of piperazine rings is 2. The lowest BCUT2D eigenvalue weighted by Crippen LogP contribution is -2.66. The molecule has 2 saturated heterocycles. The fraction of sp³-hybridized carbons (Fsp3) is 0.562. The lowest BCUT2D eigenvalue weighted by atomic mass is 10.1. The molecule has 1 unspecified atom stereocenters. The fourth-order valence-electron chi connectivity index (χ4n) is 3.29. The summed E-state index contributed by atoms with van der Waals surface area (Å²) in [6.07, 6.45) is 3.06. The highest BCUT2D eigenvalue weighted by Gasteiger charge is 2.42. The summed E-state index contributed by atoms with van der Waals surface area (Å²) in [5.41, 5.74) is 1.11. The summed E-state index contributed by atoms with van der Waals surface area (Å²) in [4.78, 5) is 41.5. The van der Waals surface area contributed by atoms with Crippen molar-refractivity contribution in [1.82, 2.24) is 19.3 Å². The summed E-state index contributed by atoms with van der Waals surface area (Å²) >= 11 is 0. The SMILES string of the molecule is CN1CC(=O)N2CCN(C(=O)CCc3cccn3C)CC2C1=O. The van der Waals surface area contributed by atoms with E-state index >= 15 is 0 Å². The summed E-state index contributed by atoms with van der Waals surface area (Å²) in [5, 5.41) is 0. The van der Waals surface area contributed by atoms with Crippen molar-refractivity contribution in [1.29, 1.82) is 0 Å². The number of amides is 3. The molecule has 1 atom stereocenters. The number of aromatic nitrogens is 1. The van der Waals surface area contributed by atoms with Crippen LogP contribution in [-0.4, -0.2) is 76.3 Å². The summed E-state index contributed by atoms with van der Waals surface area (Å²) in [6, 6.07) is 3.44. The van der Waals surface area contributed by atoms with E-state index in [1.165, 1.54) is 4.90 Å². The van der Waals surface area contributed by atoms with E-state index in [1.54, 1.807) is 16.8 Å². The molecule has 0 saturated carbocycles. The Labute approximate surface area is 135 Å². The number of fused-ring (bicyclic) bond motifs is 1. The van der Waals surface area contributed by atoms with Crippen molar-refractivity contribution < 1.29 is 14.4 Å². The Bertz CT molecular complexity index is 639. The van der Waals surface area contributed by atoms with E-state index in [-0.39, 0.29) is 24.3 Å². The molecular weight excluding hydrogens is 296 g/mol. The lowest BCUT2D eigenvalue weighted by molar-refractivity contribution is -0.160. The predicted octanol–water partition coefficient (Wildman–Crippen LogP) is -0.531. The van der Waals surface area contributed by atoms with E-state index in [2.05, 4.69) is 0 Å². The molecule has 2 aliphatic rings. The van der Waals surface area contributed by atoms with Gasteiger partial charge in [0.25, 0.3) is 0 Å². The summed E-state index contributed by atoms with van der Waals surface area (Å²) in [7, 11) is 3.59. The smallest absolute Gasteiger partial charge is 0.247 e. The first kappa shape index (κ1) is 15.6. The average Bonchev–Trinajstić information content (AvgIpc) is 2.95. The van der Waals surface area contributed by atoms with Gasteiger partial charge in [-0.05, 0) is 18.6 Å². The van der Waals surface area contributed by atoms with Crippen molar-refractivity contribution in [2.45, 2.75) is 18.9 Å². The summed E-state index contributed by atoms with van der Waals surface area (Å²) in [6.45, 7) is 1.39. The quantitative estimate of drug-likeness (QED) is 0.752. The van der Waals surface area contributed by atoms with Crippen LogP contribution in [0.25, 0.3) is 0 Å². The molecule has 1 aromatic rings. The molecule has 2 aliphatic heterocycles. The van der Waals surface area contributed by atoms with Gasteiger partial charge in [0.1, 0.15) is 6.04 Å². The highest BCUT2D eigenvalue weighted by Crippen LogP contribution is 2.18. The van der Waals surface area contributed by atoms with Crippen LogP contribution in [0.4, 0.5) is 0 Å². The number of rotatable bonds is 3. The van der Waals surface area contributed by atoms with Crippen LogP contribution in [0, 0.1) is 0 Å². The maximum absolute atomic E-state index is 12.4. The molecule has 0 radical (unpaired) electrons. The first-order chi connectivity index (χ1) is 11.0. The van der Waals surface area contributed by atoms with Gasteiger partial charge in [-0.15, -0.1) is 0 Å². The van der Waals surface area contributed by atoms with Gasteiger partial charge in [0, 0.05) is 45.5 Å². The Morgan fingerprint density at radius 3 is 2.74 bits per heavy atom. The Kier molecular flexibility index (Phi) is 4.11. The van der Waals surface area contributed by atoms with Gasteiger partial charge in [-0.1, -0.05) is 0 Å². The van der Waals surface area contributed by atoms with Crippen LogP contribution in [0.15, 0.2) is 18.3 Å². The number of nitrogens with zero attached hydrogens (tertiary/aromatic N) is 4. The monoisotopic (exact) mass is 318 g/mol. The van der Waals surface area contributed by atoms with Crippen molar-refractivity contribution in [2.24, 2.45) is 7.05 Å². The van der Waals surface area contributed by atoms with Crippen LogP contribution in [0.1, 0.15) is 12.1 Å². The molecule has 0 spiro atoms. The first-order valence-electron chi connectivity index (χ1n) is 7.90. The molecule has 0 aliphatic carbocycles. The topological polar surface area (TPSA) is 65.9 Å². The van der Waals surface area contributed by atoms with Crippen LogP contribution in [-0.2, 0) is 27.9 Å². The Balaban J connectivity index is 1.61. The lowest BCUT2D eigenvalue weighted by Gasteiger charge is -2.45. The molecule has 1 aromatic heterocycles. The minimum absolute atomic E-state index is 0.0343. The third-order valence-corrected chi connectivity index (χ3v) is 4.73. The second-order valence-electron chi connectivity index (χ2n) is 6.25. The van der Waals surface area contributed by atoms with Crippen LogP contribution in [0.5, 0.6) is 0 Å². The molecule has 0 N–H and O–H groups in total. The first-order valence-corrected chi connectivity index (χ1v) is 7.90. The van der Waals surface area contributed by atoms with Crippen LogP contribution >= 0.6 is 0 Å². The zero-order valence-electron chi connectivity index (χ0n) is 13.6. The number of likely N-dealkylation sites (N-methyl/N-ethyl adjacent to an activating group) is 1. The van der Waals surface area contributed by atoms with Gasteiger partial charge in [0.15, 0.2) is 0 Å². The number of aryl methyl sites for hydroxylation is 2. The molecule has 7 nitrogen and oxygen atoms in total. The third-order valence-electron chi connectivity index (χ3n) is 4.73. The molecule has 7 heteroatoms. The molecular formula is C16H22N4O3. The summed E-state index contributed by atoms with van der Waals surface area (Å²) in [5.74, 6) is -0.0723. The largest absolute Gasteiger partial charge is 0.354 e. The Hall–Kier alpha value is -2.31. The number of hydrogen-bond acceptors (Lipinski definition) is 3. The van der Waals surface area contributed by atoms with E-state index in [0.29, 0.717) is 32.5 Å². The van der Waals surface area contributed by atoms with E-state index in [4.69, 9.17) is 0 Å². The minimum atomic E-state index is -0.519. The maximum Gasteiger partial charge on any atom is 0.247 e. The van der Waals surface area contributed by atoms with E-state index in [0.717, 1.165) is 5.69 Å². The van der Waals surface area contributed by atoms with Gasteiger partial charge < -0.3 is 19.3 Å². The number of carbonyl (C=O) groups excluding carboxylic acids is 3. The van der Waals surface area contributed by atoms with Gasteiger partial charge in [-0.2, -0.15) is 0 Å². The van der Waals surface area contributed by atoms with Gasteiger partial charge in [0.2, 0.25) is 17.7 Å². The third kappa shape index (κ3) is 2.95. The molecule has 2 fully saturated rings. The second kappa shape index (κ2) is 6.06. The standard InChI is InChI=1S/C16H22N4O3/c1-17-7-3-4-12(17)5-6-14(21)19-8-9-20-13(10-19)16(23)18(2)11-15(20)22/h3-4,7,13H,5-6,8-11H2,1-2H3. The van der Waals surface area contributed by atoms with Gasteiger partial charge >= 0.3 is 0 Å². The van der Waals surface area contributed by atoms with Crippen molar-refractivity contribution in [2.75, 3.05) is 33.2 Å². The van der Waals surface area contributed by atoms with Gasteiger partial charge in [-0.3, -0.25) is 14.4 Å². The van der Waals surface area contributed by atoms with Crippen molar-refractivity contribution >= 4 is 17.7 Å². The molecule has 23 heavy (non-hydrogen) atoms. The van der Waals surface area contributed by atoms with Crippen molar-refractivity contribution in [3.63, 3.8) is 0 Å². The fourth-order valence-corrected chi connectivity index (χ4v) is 3.29. The Morgan fingerprint density at radius 1 is 1.26 bits per heavy atom. The van der Waals surface area contributed by atoms with Gasteiger partial charge in [0.05, 0.1) is 13.1 Å². The number of hydrogen-bond donors (Lipinski definition) is 0. The number of carbonyl (C=O) groups is 3. The molecule has 3 rings (SSSR count). The van der Waals surface area contributed by atoms with E-state index < -0.39 is 6.04 Å². The highest BCUT2D eigenvalue weighted by atomic mass is 16.2. The van der Waals surface area contributed by atoms with Crippen molar-refractivity contribution in [3.8, 4) is 0 Å². The molecule has 3 amide bonds. The maximum atomic E-state index is 12.4. The summed E-state index contributed by atoms with van der Waals surface area (Å²) < 4.78 is 2.00. The van der Waals surface area contributed by atoms with Gasteiger partial charge in [-0.25, -0.2) is 0 Å². The zero-order chi connectivity index (χ0) is 16.6. The van der Waals surface area contributed by atoms with Crippen molar-refractivity contribution in [3.05, 3.63) is 24.0 Å². The highest BCUT2D eigenvalue weighted by molar-refractivity contribution is 5.95. The molecule has 0 bridgehead atoms. The minimum Gasteiger partial charge on any atom is -0.354 e. The second-order valence-corrected chi connectivity index (χ2v) is 6.25. The molecule has 0 aromatic carbocycles. The predicted molar refractivity (Wildman–Crippen MR) is 83.5 cm³/mol. The average molecular weight is 318 g/mol. The van der Waals surface area contributed by atoms with Crippen LogP contribution in [0.3, 0.4) is 0 Å². The molecule has 124 valence electrons. The normalized spacial score (nSPS) is 21.7. The molecule has 3 heterocycles. The van der Waals surface area contributed by atoms with Crippen LogP contribution < -0.4 is 0 Å².